The molecular formula is C12H14N4O3. The van der Waals surface area contributed by atoms with Gasteiger partial charge in [0.15, 0.2) is 5.75 Å². The Bertz CT molecular complexity index is 594. The average Bonchev–Trinajstić information content (AvgIpc) is 2.76. The van der Waals surface area contributed by atoms with Crippen LogP contribution in [-0.4, -0.2) is 14.7 Å². The maximum Gasteiger partial charge on any atom is 0.292 e. The van der Waals surface area contributed by atoms with E-state index in [4.69, 9.17) is 10.5 Å². The molecule has 1 aromatic carbocycles. The number of nitro benzene ring substituents is 1. The van der Waals surface area contributed by atoms with E-state index in [2.05, 4.69) is 12.0 Å². The Morgan fingerprint density at radius 2 is 2.26 bits per heavy atom. The summed E-state index contributed by atoms with van der Waals surface area (Å²) in [5.74, 6) is 1.01. The summed E-state index contributed by atoms with van der Waals surface area (Å²) in [4.78, 5) is 10.1. The molecule has 0 unspecified atom stereocenters. The lowest BCUT2D eigenvalue weighted by Crippen LogP contribution is -1.96. The van der Waals surface area contributed by atoms with Gasteiger partial charge in [-0.05, 0) is 12.5 Å². The zero-order chi connectivity index (χ0) is 13.8. The minimum Gasteiger partial charge on any atom is -0.454 e. The van der Waals surface area contributed by atoms with Gasteiger partial charge in [-0.1, -0.05) is 6.92 Å². The Kier molecular flexibility index (Phi) is 3.65. The van der Waals surface area contributed by atoms with Gasteiger partial charge in [-0.3, -0.25) is 14.8 Å². The topological polar surface area (TPSA) is 96.2 Å². The van der Waals surface area contributed by atoms with Crippen LogP contribution in [0.5, 0.6) is 11.5 Å². The van der Waals surface area contributed by atoms with Crippen molar-refractivity contribution in [3.63, 3.8) is 0 Å². The Hall–Kier alpha value is -2.57. The maximum atomic E-state index is 10.6. The Morgan fingerprint density at radius 3 is 2.89 bits per heavy atom. The molecule has 0 radical (unpaired) electrons. The molecule has 7 nitrogen and oxygen atoms in total. The summed E-state index contributed by atoms with van der Waals surface area (Å²) in [7, 11) is 0. The molecule has 0 aliphatic carbocycles. The molecule has 0 saturated heterocycles. The van der Waals surface area contributed by atoms with Crippen molar-refractivity contribution in [3.8, 4) is 11.5 Å². The van der Waals surface area contributed by atoms with Crippen LogP contribution >= 0.6 is 0 Å². The summed E-state index contributed by atoms with van der Waals surface area (Å²) in [6.07, 6.45) is 4.33. The van der Waals surface area contributed by atoms with Gasteiger partial charge in [-0.15, -0.1) is 0 Å². The lowest BCUT2D eigenvalue weighted by Gasteiger charge is -2.04. The molecule has 0 fully saturated rings. The molecular weight excluding hydrogens is 248 g/mol. The number of anilines is 1. The first kappa shape index (κ1) is 12.9. The number of nitrogens with two attached hydrogens (primary N) is 1. The Balaban J connectivity index is 2.14. The van der Waals surface area contributed by atoms with Crippen LogP contribution in [0.1, 0.15) is 13.3 Å². The van der Waals surface area contributed by atoms with Crippen LogP contribution in [0.25, 0.3) is 0 Å². The molecule has 1 heterocycles. The fourth-order valence-electron chi connectivity index (χ4n) is 1.65. The Morgan fingerprint density at radius 1 is 1.47 bits per heavy atom. The van der Waals surface area contributed by atoms with Crippen LogP contribution in [-0.2, 0) is 6.54 Å². The third-order valence-corrected chi connectivity index (χ3v) is 2.49. The molecule has 100 valence electrons. The van der Waals surface area contributed by atoms with Crippen LogP contribution < -0.4 is 10.5 Å². The van der Waals surface area contributed by atoms with Crippen LogP contribution in [0.2, 0.25) is 0 Å². The predicted molar refractivity (Wildman–Crippen MR) is 70.1 cm³/mol. The van der Waals surface area contributed by atoms with Gasteiger partial charge < -0.3 is 10.5 Å². The summed E-state index contributed by atoms with van der Waals surface area (Å²) in [6, 6.07) is 4.25. The van der Waals surface area contributed by atoms with E-state index < -0.39 is 4.92 Å². The highest BCUT2D eigenvalue weighted by molar-refractivity contribution is 5.61. The fourth-order valence-corrected chi connectivity index (χ4v) is 1.65. The summed E-state index contributed by atoms with van der Waals surface area (Å²) < 4.78 is 7.30. The summed E-state index contributed by atoms with van der Waals surface area (Å²) >= 11 is 0. The van der Waals surface area contributed by atoms with Crippen molar-refractivity contribution in [1.29, 1.82) is 0 Å². The number of aromatic nitrogens is 2. The number of nitro groups is 1. The normalized spacial score (nSPS) is 10.4. The zero-order valence-corrected chi connectivity index (χ0v) is 10.4. The lowest BCUT2D eigenvalue weighted by atomic mass is 10.2. The molecule has 2 N–H and O–H groups in total. The second-order valence-corrected chi connectivity index (χ2v) is 4.02. The standard InChI is InChI=1S/C12H14N4O3/c1-2-5-15-8-10(7-14-15)19-9-3-4-12(16(17)18)11(13)6-9/h3-4,6-8H,2,5,13H2,1H3. The number of hydrogen-bond donors (Lipinski definition) is 1. The van der Waals surface area contributed by atoms with E-state index in [0.29, 0.717) is 11.5 Å². The van der Waals surface area contributed by atoms with Crippen LogP contribution in [0, 0.1) is 10.1 Å². The second kappa shape index (κ2) is 5.38. The van der Waals surface area contributed by atoms with Crippen molar-refractivity contribution in [2.24, 2.45) is 0 Å². The largest absolute Gasteiger partial charge is 0.454 e. The second-order valence-electron chi connectivity index (χ2n) is 4.02. The van der Waals surface area contributed by atoms with Crippen molar-refractivity contribution >= 4 is 11.4 Å². The molecule has 0 spiro atoms. The molecule has 0 amide bonds. The summed E-state index contributed by atoms with van der Waals surface area (Å²) in [5, 5.41) is 14.8. The van der Waals surface area contributed by atoms with Gasteiger partial charge in [-0.25, -0.2) is 0 Å². The number of aryl methyl sites for hydroxylation is 1. The molecule has 0 bridgehead atoms. The fraction of sp³-hybridized carbons (Fsp3) is 0.250. The van der Waals surface area contributed by atoms with Crippen molar-refractivity contribution < 1.29 is 9.66 Å². The zero-order valence-electron chi connectivity index (χ0n) is 10.4. The van der Waals surface area contributed by atoms with Gasteiger partial charge in [0.05, 0.1) is 17.3 Å². The molecule has 0 aliphatic heterocycles. The minimum atomic E-state index is -0.529. The summed E-state index contributed by atoms with van der Waals surface area (Å²) in [6.45, 7) is 2.87. The predicted octanol–water partition coefficient (Wildman–Crippen LogP) is 2.58. The van der Waals surface area contributed by atoms with Gasteiger partial charge in [-0.2, -0.15) is 5.10 Å². The van der Waals surface area contributed by atoms with Gasteiger partial charge in [0, 0.05) is 18.7 Å². The van der Waals surface area contributed by atoms with Crippen LogP contribution in [0.15, 0.2) is 30.6 Å². The van der Waals surface area contributed by atoms with Crippen molar-refractivity contribution in [3.05, 3.63) is 40.7 Å². The number of nitrogen functional groups attached to an aromatic ring is 1. The molecule has 7 heteroatoms. The third-order valence-electron chi connectivity index (χ3n) is 2.49. The average molecular weight is 262 g/mol. The monoisotopic (exact) mass is 262 g/mol. The van der Waals surface area contributed by atoms with Crippen molar-refractivity contribution in [1.82, 2.24) is 9.78 Å². The first-order chi connectivity index (χ1) is 9.10. The molecule has 0 saturated carbocycles. The molecule has 2 rings (SSSR count). The van der Waals surface area contributed by atoms with Crippen LogP contribution in [0.3, 0.4) is 0 Å². The third kappa shape index (κ3) is 3.01. The van der Waals surface area contributed by atoms with Gasteiger partial charge in [0.2, 0.25) is 0 Å². The van der Waals surface area contributed by atoms with Gasteiger partial charge >= 0.3 is 0 Å². The van der Waals surface area contributed by atoms with Gasteiger partial charge in [0.25, 0.3) is 5.69 Å². The summed E-state index contributed by atoms with van der Waals surface area (Å²) in [5.41, 5.74) is 5.53. The van der Waals surface area contributed by atoms with E-state index >= 15 is 0 Å². The SMILES string of the molecule is CCCn1cc(Oc2ccc([N+](=O)[O-])c(N)c2)cn1. The highest BCUT2D eigenvalue weighted by Gasteiger charge is 2.12. The molecule has 19 heavy (non-hydrogen) atoms. The lowest BCUT2D eigenvalue weighted by molar-refractivity contribution is -0.383. The molecule has 0 atom stereocenters. The first-order valence-electron chi connectivity index (χ1n) is 5.84. The van der Waals surface area contributed by atoms with E-state index in [-0.39, 0.29) is 11.4 Å². The van der Waals surface area contributed by atoms with Crippen molar-refractivity contribution in [2.75, 3.05) is 5.73 Å². The number of hydrogen-bond acceptors (Lipinski definition) is 5. The highest BCUT2D eigenvalue weighted by Crippen LogP contribution is 2.28. The maximum absolute atomic E-state index is 10.6. The number of rotatable bonds is 5. The van der Waals surface area contributed by atoms with Crippen LogP contribution in [0.4, 0.5) is 11.4 Å². The molecule has 2 aromatic rings. The van der Waals surface area contributed by atoms with E-state index in [9.17, 15) is 10.1 Å². The molecule has 0 aliphatic rings. The Labute approximate surface area is 109 Å². The van der Waals surface area contributed by atoms with E-state index in [0.717, 1.165) is 13.0 Å². The van der Waals surface area contributed by atoms with E-state index in [1.54, 1.807) is 17.1 Å². The highest BCUT2D eigenvalue weighted by atomic mass is 16.6. The first-order valence-corrected chi connectivity index (χ1v) is 5.84. The smallest absolute Gasteiger partial charge is 0.292 e. The number of benzene rings is 1. The number of nitrogens with zero attached hydrogens (tertiary/aromatic N) is 3. The van der Waals surface area contributed by atoms with E-state index in [1.807, 2.05) is 0 Å². The molecule has 1 aromatic heterocycles. The van der Waals surface area contributed by atoms with E-state index in [1.165, 1.54) is 18.2 Å². The quantitative estimate of drug-likeness (QED) is 0.507. The van der Waals surface area contributed by atoms with Crippen molar-refractivity contribution in [2.45, 2.75) is 19.9 Å². The minimum absolute atomic E-state index is 0.0726. The van der Waals surface area contributed by atoms with Gasteiger partial charge in [0.1, 0.15) is 11.4 Å². The number of ether oxygens (including phenoxy) is 1.